The molecular weight excluding hydrogens is 386 g/mol. The summed E-state index contributed by atoms with van der Waals surface area (Å²) in [5.41, 5.74) is 7.03. The number of carbonyl (C=O) groups excluding carboxylic acids is 2. The van der Waals surface area contributed by atoms with Crippen molar-refractivity contribution in [2.24, 2.45) is 0 Å². The van der Waals surface area contributed by atoms with E-state index in [9.17, 15) is 9.59 Å². The quantitative estimate of drug-likeness (QED) is 0.515. The van der Waals surface area contributed by atoms with Crippen LogP contribution in [0.2, 0.25) is 5.02 Å². The number of benzene rings is 2. The van der Waals surface area contributed by atoms with Crippen molar-refractivity contribution in [3.63, 3.8) is 0 Å². The van der Waals surface area contributed by atoms with Gasteiger partial charge in [-0.05, 0) is 37.3 Å². The van der Waals surface area contributed by atoms with E-state index in [2.05, 4.69) is 4.98 Å². The van der Waals surface area contributed by atoms with Gasteiger partial charge in [-0.3, -0.25) is 4.79 Å². The van der Waals surface area contributed by atoms with E-state index < -0.39 is 12.6 Å². The molecule has 2 aromatic carbocycles. The van der Waals surface area contributed by atoms with Crippen LogP contribution in [0.4, 0.5) is 5.69 Å². The second kappa shape index (κ2) is 7.94. The molecule has 2 N–H and O–H groups in total. The summed E-state index contributed by atoms with van der Waals surface area (Å²) in [4.78, 5) is 30.7. The standard InChI is InChI=1S/C19H18ClN3O3S/c1-11(18-22-15-5-3-4-6-16(15)27-18)23(2)17(24)10-26-19(25)13-9-12(20)7-8-14(13)21/h3-9,11H,10,21H2,1-2H3/t11-/m0/s1. The Kier molecular flexibility index (Phi) is 5.62. The summed E-state index contributed by atoms with van der Waals surface area (Å²) in [6, 6.07) is 12.1. The van der Waals surface area contributed by atoms with E-state index in [4.69, 9.17) is 22.1 Å². The summed E-state index contributed by atoms with van der Waals surface area (Å²) in [5.74, 6) is -1.03. The third-order valence-corrected chi connectivity index (χ3v) is 5.65. The number of aromatic nitrogens is 1. The number of esters is 1. The normalized spacial score (nSPS) is 12.0. The first-order chi connectivity index (χ1) is 12.9. The van der Waals surface area contributed by atoms with Crippen LogP contribution in [0.5, 0.6) is 0 Å². The Morgan fingerprint density at radius 3 is 2.78 bits per heavy atom. The van der Waals surface area contributed by atoms with Gasteiger partial charge in [-0.2, -0.15) is 0 Å². The Hall–Kier alpha value is -2.64. The number of hydrogen-bond donors (Lipinski definition) is 1. The fourth-order valence-electron chi connectivity index (χ4n) is 2.46. The number of thiazole rings is 1. The molecule has 0 bridgehead atoms. The van der Waals surface area contributed by atoms with Crippen LogP contribution in [0.1, 0.15) is 28.3 Å². The molecule has 0 unspecified atom stereocenters. The van der Waals surface area contributed by atoms with Crippen molar-refractivity contribution < 1.29 is 14.3 Å². The monoisotopic (exact) mass is 403 g/mol. The van der Waals surface area contributed by atoms with Gasteiger partial charge in [0.05, 0.1) is 21.8 Å². The van der Waals surface area contributed by atoms with Crippen molar-refractivity contribution in [3.05, 3.63) is 58.1 Å². The number of ether oxygens (including phenoxy) is 1. The molecule has 140 valence electrons. The molecule has 0 saturated heterocycles. The number of halogens is 1. The lowest BCUT2D eigenvalue weighted by Crippen LogP contribution is -2.33. The summed E-state index contributed by atoms with van der Waals surface area (Å²) in [5, 5.41) is 1.18. The summed E-state index contributed by atoms with van der Waals surface area (Å²) >= 11 is 7.40. The lowest BCUT2D eigenvalue weighted by Gasteiger charge is -2.23. The first kappa shape index (κ1) is 19.1. The highest BCUT2D eigenvalue weighted by atomic mass is 35.5. The third-order valence-electron chi connectivity index (χ3n) is 4.20. The first-order valence-corrected chi connectivity index (χ1v) is 9.39. The number of para-hydroxylation sites is 1. The molecule has 6 nitrogen and oxygen atoms in total. The largest absolute Gasteiger partial charge is 0.452 e. The Morgan fingerprint density at radius 2 is 2.04 bits per heavy atom. The molecule has 1 aromatic heterocycles. The highest BCUT2D eigenvalue weighted by Crippen LogP contribution is 2.28. The summed E-state index contributed by atoms with van der Waals surface area (Å²) in [7, 11) is 1.65. The molecule has 0 aliphatic heterocycles. The molecule has 3 rings (SSSR count). The van der Waals surface area contributed by atoms with Crippen LogP contribution in [-0.2, 0) is 9.53 Å². The Bertz CT molecular complexity index is 972. The van der Waals surface area contributed by atoms with Gasteiger partial charge in [0.25, 0.3) is 5.91 Å². The zero-order chi connectivity index (χ0) is 19.6. The lowest BCUT2D eigenvalue weighted by atomic mass is 10.2. The van der Waals surface area contributed by atoms with E-state index in [1.54, 1.807) is 13.1 Å². The number of nitrogen functional groups attached to an aromatic ring is 1. The van der Waals surface area contributed by atoms with Crippen LogP contribution in [0.3, 0.4) is 0 Å². The molecule has 0 aliphatic carbocycles. The number of nitrogens with two attached hydrogens (primary N) is 1. The minimum Gasteiger partial charge on any atom is -0.452 e. The number of hydrogen-bond acceptors (Lipinski definition) is 6. The highest BCUT2D eigenvalue weighted by molar-refractivity contribution is 7.18. The van der Waals surface area contributed by atoms with Crippen LogP contribution in [-0.4, -0.2) is 35.4 Å². The summed E-state index contributed by atoms with van der Waals surface area (Å²) in [6.45, 7) is 1.49. The van der Waals surface area contributed by atoms with E-state index in [0.717, 1.165) is 15.2 Å². The Balaban J connectivity index is 1.64. The average Bonchev–Trinajstić information content (AvgIpc) is 3.10. The molecule has 27 heavy (non-hydrogen) atoms. The summed E-state index contributed by atoms with van der Waals surface area (Å²) in [6.07, 6.45) is 0. The minimum absolute atomic E-state index is 0.136. The van der Waals surface area contributed by atoms with Crippen molar-refractivity contribution in [2.75, 3.05) is 19.4 Å². The highest BCUT2D eigenvalue weighted by Gasteiger charge is 2.22. The van der Waals surface area contributed by atoms with Crippen molar-refractivity contribution in [1.29, 1.82) is 0 Å². The molecule has 1 amide bonds. The fourth-order valence-corrected chi connectivity index (χ4v) is 3.70. The molecular formula is C19H18ClN3O3S. The molecule has 0 fully saturated rings. The smallest absolute Gasteiger partial charge is 0.340 e. The second-order valence-electron chi connectivity index (χ2n) is 6.01. The third kappa shape index (κ3) is 4.20. The molecule has 8 heteroatoms. The van der Waals surface area contributed by atoms with Gasteiger partial charge in [-0.15, -0.1) is 11.3 Å². The fraction of sp³-hybridized carbons (Fsp3) is 0.211. The maximum Gasteiger partial charge on any atom is 0.340 e. The molecule has 0 radical (unpaired) electrons. The van der Waals surface area contributed by atoms with Crippen LogP contribution < -0.4 is 5.73 Å². The van der Waals surface area contributed by atoms with Crippen molar-refractivity contribution >= 4 is 50.7 Å². The van der Waals surface area contributed by atoms with E-state index in [0.29, 0.717) is 5.02 Å². The topological polar surface area (TPSA) is 85.5 Å². The number of likely N-dealkylation sites (N-methyl/N-ethyl adjacent to an activating group) is 1. The van der Waals surface area contributed by atoms with Gasteiger partial charge in [0.2, 0.25) is 0 Å². The second-order valence-corrected chi connectivity index (χ2v) is 7.51. The van der Waals surface area contributed by atoms with Crippen LogP contribution in [0.25, 0.3) is 10.2 Å². The first-order valence-electron chi connectivity index (χ1n) is 8.20. The number of amides is 1. The number of nitrogens with zero attached hydrogens (tertiary/aromatic N) is 2. The zero-order valence-corrected chi connectivity index (χ0v) is 16.4. The maximum atomic E-state index is 12.4. The van der Waals surface area contributed by atoms with E-state index in [1.807, 2.05) is 31.2 Å². The van der Waals surface area contributed by atoms with Gasteiger partial charge in [0.1, 0.15) is 5.01 Å². The van der Waals surface area contributed by atoms with Crippen molar-refractivity contribution in [3.8, 4) is 0 Å². The minimum atomic E-state index is -0.690. The number of anilines is 1. The maximum absolute atomic E-state index is 12.4. The average molecular weight is 404 g/mol. The molecule has 0 spiro atoms. The predicted octanol–water partition coefficient (Wildman–Crippen LogP) is 3.91. The Labute approximate surface area is 165 Å². The molecule has 1 heterocycles. The number of carbonyl (C=O) groups is 2. The SMILES string of the molecule is C[C@@H](c1nc2ccccc2s1)N(C)C(=O)COC(=O)c1cc(Cl)ccc1N. The van der Waals surface area contributed by atoms with Gasteiger partial charge in [-0.1, -0.05) is 23.7 Å². The van der Waals surface area contributed by atoms with Crippen LogP contribution in [0, 0.1) is 0 Å². The van der Waals surface area contributed by atoms with Gasteiger partial charge in [-0.25, -0.2) is 9.78 Å². The lowest BCUT2D eigenvalue weighted by molar-refractivity contribution is -0.135. The molecule has 0 aliphatic rings. The number of rotatable bonds is 5. The van der Waals surface area contributed by atoms with Gasteiger partial charge >= 0.3 is 5.97 Å². The number of fused-ring (bicyclic) bond motifs is 1. The van der Waals surface area contributed by atoms with Crippen molar-refractivity contribution in [1.82, 2.24) is 9.88 Å². The van der Waals surface area contributed by atoms with Gasteiger partial charge < -0.3 is 15.4 Å². The van der Waals surface area contributed by atoms with E-state index in [-0.39, 0.29) is 23.2 Å². The van der Waals surface area contributed by atoms with Crippen molar-refractivity contribution in [2.45, 2.75) is 13.0 Å². The Morgan fingerprint density at radius 1 is 1.30 bits per heavy atom. The van der Waals surface area contributed by atoms with Crippen LogP contribution in [0.15, 0.2) is 42.5 Å². The molecule has 0 saturated carbocycles. The molecule has 1 atom stereocenters. The van der Waals surface area contributed by atoms with Crippen LogP contribution >= 0.6 is 22.9 Å². The van der Waals surface area contributed by atoms with Gasteiger partial charge in [0, 0.05) is 17.8 Å². The predicted molar refractivity (Wildman–Crippen MR) is 107 cm³/mol. The summed E-state index contributed by atoms with van der Waals surface area (Å²) < 4.78 is 6.16. The zero-order valence-electron chi connectivity index (χ0n) is 14.8. The van der Waals surface area contributed by atoms with E-state index in [1.165, 1.54) is 28.4 Å². The van der Waals surface area contributed by atoms with E-state index >= 15 is 0 Å². The van der Waals surface area contributed by atoms with Gasteiger partial charge in [0.15, 0.2) is 6.61 Å². The molecule has 3 aromatic rings.